The molecule has 0 radical (unpaired) electrons. The van der Waals surface area contributed by atoms with Gasteiger partial charge in [-0.1, -0.05) is 35.3 Å². The van der Waals surface area contributed by atoms with Gasteiger partial charge in [-0.25, -0.2) is 0 Å². The molecule has 0 saturated heterocycles. The molecule has 0 amide bonds. The van der Waals surface area contributed by atoms with Gasteiger partial charge in [0.15, 0.2) is 0 Å². The summed E-state index contributed by atoms with van der Waals surface area (Å²) in [6, 6.07) is 7.06. The Balaban J connectivity index is 3.14. The Hall–Kier alpha value is -0.350. The molecular formula is C13H18Cl2NO3P. The quantitative estimate of drug-likeness (QED) is 0.725. The standard InChI is InChI=1S/C13H18Cl2NO3P/c1-16(2)13(20(17,18-3)19-4)9-12(15)10-5-7-11(14)8-6-10/h5-9,13H,1-4H3/b12-9-/t13-/m1/s1. The first-order chi connectivity index (χ1) is 9.34. The molecule has 1 rings (SSSR count). The van der Waals surface area contributed by atoms with Gasteiger partial charge in [0, 0.05) is 24.3 Å². The number of hydrogen-bond donors (Lipinski definition) is 0. The second kappa shape index (κ2) is 7.60. The molecule has 1 aromatic carbocycles. The van der Waals surface area contributed by atoms with Crippen molar-refractivity contribution in [3.63, 3.8) is 0 Å². The van der Waals surface area contributed by atoms with Crippen LogP contribution >= 0.6 is 30.8 Å². The second-order valence-electron chi connectivity index (χ2n) is 4.30. The Morgan fingerprint density at radius 3 is 2.15 bits per heavy atom. The van der Waals surface area contributed by atoms with Gasteiger partial charge in [0.1, 0.15) is 5.78 Å². The van der Waals surface area contributed by atoms with Crippen molar-refractivity contribution in [2.75, 3.05) is 28.3 Å². The molecule has 0 fully saturated rings. The van der Waals surface area contributed by atoms with E-state index in [-0.39, 0.29) is 0 Å². The van der Waals surface area contributed by atoms with Gasteiger partial charge < -0.3 is 9.05 Å². The van der Waals surface area contributed by atoms with Gasteiger partial charge >= 0.3 is 7.60 Å². The summed E-state index contributed by atoms with van der Waals surface area (Å²) in [6.45, 7) is 0. The highest BCUT2D eigenvalue weighted by molar-refractivity contribution is 7.54. The molecule has 0 saturated carbocycles. The molecule has 0 spiro atoms. The SMILES string of the molecule is COP(=O)(OC)[C@H](/C=C(\Cl)c1ccc(Cl)cc1)N(C)C. The van der Waals surface area contributed by atoms with Crippen molar-refractivity contribution in [3.8, 4) is 0 Å². The number of nitrogens with zero attached hydrogens (tertiary/aromatic N) is 1. The van der Waals surface area contributed by atoms with Crippen LogP contribution in [-0.4, -0.2) is 39.0 Å². The summed E-state index contributed by atoms with van der Waals surface area (Å²) < 4.78 is 22.6. The molecule has 1 atom stereocenters. The number of rotatable bonds is 6. The zero-order chi connectivity index (χ0) is 15.3. The highest BCUT2D eigenvalue weighted by Gasteiger charge is 2.34. The average molecular weight is 338 g/mol. The highest BCUT2D eigenvalue weighted by Crippen LogP contribution is 2.53. The van der Waals surface area contributed by atoms with E-state index in [1.165, 1.54) is 14.2 Å². The molecule has 0 bridgehead atoms. The van der Waals surface area contributed by atoms with E-state index in [9.17, 15) is 4.57 Å². The van der Waals surface area contributed by atoms with Crippen LogP contribution in [0.2, 0.25) is 5.02 Å². The van der Waals surface area contributed by atoms with Gasteiger partial charge in [0.05, 0.1) is 0 Å². The van der Waals surface area contributed by atoms with Crippen LogP contribution in [-0.2, 0) is 13.6 Å². The summed E-state index contributed by atoms with van der Waals surface area (Å²) in [5.41, 5.74) is 0.779. The number of likely N-dealkylation sites (N-methyl/N-ethyl adjacent to an activating group) is 1. The first kappa shape index (κ1) is 17.7. The Kier molecular flexibility index (Phi) is 6.73. The van der Waals surface area contributed by atoms with E-state index in [4.69, 9.17) is 32.2 Å². The average Bonchev–Trinajstić information content (AvgIpc) is 2.44. The van der Waals surface area contributed by atoms with E-state index < -0.39 is 13.4 Å². The molecule has 0 N–H and O–H groups in total. The third-order valence-electron chi connectivity index (χ3n) is 2.78. The van der Waals surface area contributed by atoms with Crippen LogP contribution in [0.15, 0.2) is 30.3 Å². The van der Waals surface area contributed by atoms with Gasteiger partial charge in [0.2, 0.25) is 0 Å². The maximum Gasteiger partial charge on any atom is 0.351 e. The predicted molar refractivity (Wildman–Crippen MR) is 84.4 cm³/mol. The van der Waals surface area contributed by atoms with Crippen molar-refractivity contribution in [1.82, 2.24) is 4.90 Å². The largest absolute Gasteiger partial charge is 0.351 e. The normalized spacial score (nSPS) is 14.7. The van der Waals surface area contributed by atoms with Crippen LogP contribution < -0.4 is 0 Å². The van der Waals surface area contributed by atoms with Crippen molar-refractivity contribution >= 4 is 35.8 Å². The van der Waals surface area contributed by atoms with Crippen molar-refractivity contribution in [2.45, 2.75) is 5.78 Å². The molecule has 0 aliphatic carbocycles. The molecule has 112 valence electrons. The fourth-order valence-corrected chi connectivity index (χ4v) is 3.59. The Morgan fingerprint density at radius 1 is 1.25 bits per heavy atom. The fourth-order valence-electron chi connectivity index (χ4n) is 1.65. The second-order valence-corrected chi connectivity index (χ2v) is 7.49. The van der Waals surface area contributed by atoms with Gasteiger partial charge in [-0.05, 0) is 37.9 Å². The first-order valence-electron chi connectivity index (χ1n) is 5.85. The van der Waals surface area contributed by atoms with Crippen molar-refractivity contribution in [2.24, 2.45) is 0 Å². The van der Waals surface area contributed by atoms with Crippen molar-refractivity contribution < 1.29 is 13.6 Å². The van der Waals surface area contributed by atoms with E-state index in [1.807, 2.05) is 0 Å². The van der Waals surface area contributed by atoms with Gasteiger partial charge in [0.25, 0.3) is 0 Å². The fraction of sp³-hybridized carbons (Fsp3) is 0.385. The number of hydrogen-bond acceptors (Lipinski definition) is 4. The summed E-state index contributed by atoms with van der Waals surface area (Å²) in [4.78, 5) is 1.73. The number of halogens is 2. The van der Waals surface area contributed by atoms with E-state index in [2.05, 4.69) is 0 Å². The molecule has 1 aromatic rings. The number of benzene rings is 1. The van der Waals surface area contributed by atoms with Crippen LogP contribution in [0.4, 0.5) is 0 Å². The molecule has 0 aliphatic heterocycles. The van der Waals surface area contributed by atoms with Gasteiger partial charge in [-0.3, -0.25) is 9.46 Å². The lowest BCUT2D eigenvalue weighted by molar-refractivity contribution is 0.242. The molecule has 20 heavy (non-hydrogen) atoms. The summed E-state index contributed by atoms with van der Waals surface area (Å²) in [5, 5.41) is 1.08. The van der Waals surface area contributed by atoms with Crippen LogP contribution in [0.5, 0.6) is 0 Å². The van der Waals surface area contributed by atoms with Crippen molar-refractivity contribution in [1.29, 1.82) is 0 Å². The highest BCUT2D eigenvalue weighted by atomic mass is 35.5. The maximum absolute atomic E-state index is 12.5. The van der Waals surface area contributed by atoms with E-state index in [0.717, 1.165) is 5.56 Å². The summed E-state index contributed by atoms with van der Waals surface area (Å²) in [6.07, 6.45) is 1.65. The van der Waals surface area contributed by atoms with Crippen LogP contribution in [0.1, 0.15) is 5.56 Å². The third-order valence-corrected chi connectivity index (χ3v) is 5.65. The molecule has 0 aliphatic rings. The minimum absolute atomic E-state index is 0.453. The van der Waals surface area contributed by atoms with E-state index in [0.29, 0.717) is 10.1 Å². The summed E-state index contributed by atoms with van der Waals surface area (Å²) >= 11 is 12.1. The Morgan fingerprint density at radius 2 is 1.75 bits per heavy atom. The lowest BCUT2D eigenvalue weighted by Gasteiger charge is -2.27. The minimum Gasteiger partial charge on any atom is -0.311 e. The Bertz CT molecular complexity index is 509. The minimum atomic E-state index is -3.29. The van der Waals surface area contributed by atoms with Crippen LogP contribution in [0, 0.1) is 0 Å². The van der Waals surface area contributed by atoms with Gasteiger partial charge in [-0.15, -0.1) is 0 Å². The van der Waals surface area contributed by atoms with Gasteiger partial charge in [-0.2, -0.15) is 0 Å². The van der Waals surface area contributed by atoms with E-state index in [1.54, 1.807) is 49.3 Å². The van der Waals surface area contributed by atoms with E-state index >= 15 is 0 Å². The first-order valence-corrected chi connectivity index (χ1v) is 8.21. The third kappa shape index (κ3) is 4.32. The Labute approximate surface area is 129 Å². The molecule has 0 aromatic heterocycles. The zero-order valence-electron chi connectivity index (χ0n) is 11.8. The van der Waals surface area contributed by atoms with Crippen LogP contribution in [0.3, 0.4) is 0 Å². The molecule has 0 heterocycles. The van der Waals surface area contributed by atoms with Crippen LogP contribution in [0.25, 0.3) is 5.03 Å². The topological polar surface area (TPSA) is 38.8 Å². The summed E-state index contributed by atoms with van der Waals surface area (Å²) in [7, 11) is 2.96. The molecule has 7 heteroatoms. The smallest absolute Gasteiger partial charge is 0.311 e. The predicted octanol–water partition coefficient (Wildman–Crippen LogP) is 4.29. The monoisotopic (exact) mass is 337 g/mol. The summed E-state index contributed by atoms with van der Waals surface area (Å²) in [5.74, 6) is -0.583. The molecule has 4 nitrogen and oxygen atoms in total. The molecular weight excluding hydrogens is 320 g/mol. The lowest BCUT2D eigenvalue weighted by Crippen LogP contribution is -2.27. The zero-order valence-corrected chi connectivity index (χ0v) is 14.2. The van der Waals surface area contributed by atoms with Crippen molar-refractivity contribution in [3.05, 3.63) is 40.9 Å². The lowest BCUT2D eigenvalue weighted by atomic mass is 10.2. The maximum atomic E-state index is 12.5. The molecule has 0 unspecified atom stereocenters.